The highest BCUT2D eigenvalue weighted by Crippen LogP contribution is 2.31. The molecule has 2 aromatic heterocycles. The standard InChI is InChI=1S/C20H22ClN3O3S3/c1-3-13-6-4-8-15-18(13)23(2)20(28-15)22-19(25)14-7-5-11-24(12-14)30(26,27)17-10-9-16(21)29-17/h4,6,8-10,14H,3,5,7,11-12H2,1-2H3. The summed E-state index contributed by atoms with van der Waals surface area (Å²) in [6.07, 6.45) is 2.16. The number of hydrogen-bond donors (Lipinski definition) is 0. The molecule has 0 saturated carbocycles. The molecule has 6 nitrogen and oxygen atoms in total. The van der Waals surface area contributed by atoms with Gasteiger partial charge in [0.2, 0.25) is 0 Å². The fourth-order valence-corrected chi connectivity index (χ4v) is 8.02. The van der Waals surface area contributed by atoms with Crippen molar-refractivity contribution in [1.82, 2.24) is 8.87 Å². The molecule has 10 heteroatoms. The van der Waals surface area contributed by atoms with Crippen LogP contribution in [0.5, 0.6) is 0 Å². The van der Waals surface area contributed by atoms with Crippen molar-refractivity contribution in [3.63, 3.8) is 0 Å². The highest BCUT2D eigenvalue weighted by Gasteiger charge is 2.34. The second-order valence-electron chi connectivity index (χ2n) is 7.27. The number of carbonyl (C=O) groups excluding carboxylic acids is 1. The van der Waals surface area contributed by atoms with Crippen LogP contribution in [0.1, 0.15) is 25.3 Å². The fraction of sp³-hybridized carbons (Fsp3) is 0.400. The van der Waals surface area contributed by atoms with E-state index in [1.54, 1.807) is 6.07 Å². The van der Waals surface area contributed by atoms with Crippen molar-refractivity contribution in [3.05, 3.63) is 45.0 Å². The van der Waals surface area contributed by atoms with Gasteiger partial charge in [-0.2, -0.15) is 9.30 Å². The van der Waals surface area contributed by atoms with Crippen LogP contribution in [0.3, 0.4) is 0 Å². The summed E-state index contributed by atoms with van der Waals surface area (Å²) < 4.78 is 30.9. The Balaban J connectivity index is 1.61. The predicted molar refractivity (Wildman–Crippen MR) is 122 cm³/mol. The van der Waals surface area contributed by atoms with Gasteiger partial charge in [-0.05, 0) is 43.0 Å². The van der Waals surface area contributed by atoms with E-state index in [-0.39, 0.29) is 16.7 Å². The van der Waals surface area contributed by atoms with Gasteiger partial charge in [-0.25, -0.2) is 8.42 Å². The maximum absolute atomic E-state index is 13.0. The summed E-state index contributed by atoms with van der Waals surface area (Å²) in [6.45, 7) is 2.65. The van der Waals surface area contributed by atoms with Gasteiger partial charge >= 0.3 is 0 Å². The number of nitrogens with zero attached hydrogens (tertiary/aromatic N) is 3. The molecule has 1 saturated heterocycles. The average molecular weight is 484 g/mol. The zero-order valence-electron chi connectivity index (χ0n) is 16.7. The number of fused-ring (bicyclic) bond motifs is 1. The summed E-state index contributed by atoms with van der Waals surface area (Å²) >= 11 is 8.43. The maximum Gasteiger partial charge on any atom is 0.252 e. The molecule has 1 unspecified atom stereocenters. The van der Waals surface area contributed by atoms with Crippen molar-refractivity contribution in [3.8, 4) is 0 Å². The molecule has 0 spiro atoms. The van der Waals surface area contributed by atoms with Crippen molar-refractivity contribution in [2.45, 2.75) is 30.4 Å². The maximum atomic E-state index is 13.0. The number of carbonyl (C=O) groups is 1. The normalized spacial score (nSPS) is 18.9. The predicted octanol–water partition coefficient (Wildman–Crippen LogP) is 4.05. The van der Waals surface area contributed by atoms with E-state index in [2.05, 4.69) is 18.0 Å². The quantitative estimate of drug-likeness (QED) is 0.562. The lowest BCUT2D eigenvalue weighted by molar-refractivity contribution is -0.122. The van der Waals surface area contributed by atoms with Crippen LogP contribution in [0, 0.1) is 5.92 Å². The lowest BCUT2D eigenvalue weighted by atomic mass is 9.99. The molecule has 0 N–H and O–H groups in total. The summed E-state index contributed by atoms with van der Waals surface area (Å²) in [5.41, 5.74) is 2.31. The smallest absolute Gasteiger partial charge is 0.252 e. The highest BCUT2D eigenvalue weighted by molar-refractivity contribution is 7.91. The van der Waals surface area contributed by atoms with Crippen molar-refractivity contribution in [2.24, 2.45) is 18.0 Å². The number of sulfonamides is 1. The second-order valence-corrected chi connectivity index (χ2v) is 12.2. The van der Waals surface area contributed by atoms with Crippen LogP contribution in [0.2, 0.25) is 4.34 Å². The molecule has 160 valence electrons. The molecule has 3 aromatic rings. The van der Waals surface area contributed by atoms with E-state index in [4.69, 9.17) is 11.6 Å². The van der Waals surface area contributed by atoms with Crippen molar-refractivity contribution >= 4 is 60.4 Å². The first-order valence-corrected chi connectivity index (χ1v) is 13.2. The molecule has 4 rings (SSSR count). The van der Waals surface area contributed by atoms with Crippen LogP contribution >= 0.6 is 34.3 Å². The van der Waals surface area contributed by atoms with E-state index in [9.17, 15) is 13.2 Å². The number of thiophene rings is 1. The van der Waals surface area contributed by atoms with E-state index < -0.39 is 15.9 Å². The minimum Gasteiger partial charge on any atom is -0.319 e. The van der Waals surface area contributed by atoms with E-state index in [0.29, 0.717) is 28.5 Å². The number of aryl methyl sites for hydroxylation is 2. The zero-order valence-corrected chi connectivity index (χ0v) is 19.9. The first kappa shape index (κ1) is 21.7. The third-order valence-electron chi connectivity index (χ3n) is 5.37. The first-order valence-electron chi connectivity index (χ1n) is 9.72. The summed E-state index contributed by atoms with van der Waals surface area (Å²) in [6, 6.07) is 9.22. The number of halogens is 1. The molecule has 1 atom stereocenters. The Labute approximate surface area is 188 Å². The first-order chi connectivity index (χ1) is 14.3. The Kier molecular flexibility index (Phi) is 6.18. The number of thiazole rings is 1. The summed E-state index contributed by atoms with van der Waals surface area (Å²) in [5.74, 6) is -0.709. The third kappa shape index (κ3) is 4.01. The Morgan fingerprint density at radius 1 is 1.27 bits per heavy atom. The largest absolute Gasteiger partial charge is 0.319 e. The molecule has 0 aliphatic carbocycles. The van der Waals surface area contributed by atoms with E-state index in [1.165, 1.54) is 27.3 Å². The van der Waals surface area contributed by atoms with Crippen molar-refractivity contribution in [1.29, 1.82) is 0 Å². The fourth-order valence-electron chi connectivity index (χ4n) is 3.79. The molecule has 1 aromatic carbocycles. The lowest BCUT2D eigenvalue weighted by Crippen LogP contribution is -2.42. The van der Waals surface area contributed by atoms with Gasteiger partial charge in [0, 0.05) is 20.1 Å². The molecule has 1 amide bonds. The Morgan fingerprint density at radius 2 is 2.07 bits per heavy atom. The molecule has 0 radical (unpaired) electrons. The number of piperidine rings is 1. The summed E-state index contributed by atoms with van der Waals surface area (Å²) in [7, 11) is -1.73. The molecule has 1 aliphatic rings. The summed E-state index contributed by atoms with van der Waals surface area (Å²) in [4.78, 5) is 18.0. The monoisotopic (exact) mass is 483 g/mol. The molecule has 30 heavy (non-hydrogen) atoms. The van der Waals surface area contributed by atoms with Gasteiger partial charge in [0.15, 0.2) is 4.80 Å². The Bertz CT molecular complexity index is 1270. The van der Waals surface area contributed by atoms with Crippen LogP contribution in [0.4, 0.5) is 0 Å². The van der Waals surface area contributed by atoms with Crippen LogP contribution in [0.15, 0.2) is 39.5 Å². The number of hydrogen-bond acceptors (Lipinski definition) is 5. The molecule has 3 heterocycles. The van der Waals surface area contributed by atoms with Crippen LogP contribution < -0.4 is 4.80 Å². The van der Waals surface area contributed by atoms with Gasteiger partial charge in [0.25, 0.3) is 15.9 Å². The molecular formula is C20H22ClN3O3S3. The Morgan fingerprint density at radius 3 is 2.77 bits per heavy atom. The molecule has 0 bridgehead atoms. The topological polar surface area (TPSA) is 71.7 Å². The Hall–Kier alpha value is -1.52. The summed E-state index contributed by atoms with van der Waals surface area (Å²) in [5, 5.41) is 0. The number of amides is 1. The lowest BCUT2D eigenvalue weighted by Gasteiger charge is -2.29. The minimum absolute atomic E-state index is 0.148. The van der Waals surface area contributed by atoms with E-state index >= 15 is 0 Å². The number of aromatic nitrogens is 1. The van der Waals surface area contributed by atoms with E-state index in [1.807, 2.05) is 23.7 Å². The average Bonchev–Trinajstić information content (AvgIpc) is 3.32. The van der Waals surface area contributed by atoms with Crippen LogP contribution in [0.25, 0.3) is 10.2 Å². The van der Waals surface area contributed by atoms with Crippen molar-refractivity contribution in [2.75, 3.05) is 13.1 Å². The van der Waals surface area contributed by atoms with Gasteiger partial charge in [0.05, 0.1) is 20.5 Å². The minimum atomic E-state index is -3.65. The van der Waals surface area contributed by atoms with Crippen LogP contribution in [-0.4, -0.2) is 36.3 Å². The van der Waals surface area contributed by atoms with Gasteiger partial charge in [-0.3, -0.25) is 4.79 Å². The highest BCUT2D eigenvalue weighted by atomic mass is 35.5. The molecule has 1 aliphatic heterocycles. The number of rotatable bonds is 4. The van der Waals surface area contributed by atoms with Gasteiger partial charge < -0.3 is 4.57 Å². The molecular weight excluding hydrogens is 462 g/mol. The van der Waals surface area contributed by atoms with Gasteiger partial charge in [0.1, 0.15) is 4.21 Å². The van der Waals surface area contributed by atoms with E-state index in [0.717, 1.165) is 28.0 Å². The van der Waals surface area contributed by atoms with Gasteiger partial charge in [-0.1, -0.05) is 42.0 Å². The second kappa shape index (κ2) is 8.55. The SMILES string of the molecule is CCc1cccc2sc(=NC(=O)C3CCCN(S(=O)(=O)c4ccc(Cl)s4)C3)n(C)c12. The third-order valence-corrected chi connectivity index (χ3v) is 10.0. The molecule has 1 fully saturated rings. The van der Waals surface area contributed by atoms with Gasteiger partial charge in [-0.15, -0.1) is 11.3 Å². The zero-order chi connectivity index (χ0) is 21.5. The van der Waals surface area contributed by atoms with Crippen LogP contribution in [-0.2, 0) is 28.3 Å². The van der Waals surface area contributed by atoms with Crippen molar-refractivity contribution < 1.29 is 13.2 Å². The number of para-hydroxylation sites is 1. The number of benzene rings is 1.